The van der Waals surface area contributed by atoms with Crippen molar-refractivity contribution in [2.45, 2.75) is 37.6 Å². The molecule has 2 aromatic rings. The second-order valence-electron chi connectivity index (χ2n) is 8.69. The van der Waals surface area contributed by atoms with Crippen molar-refractivity contribution in [3.05, 3.63) is 83.5 Å². The molecule has 6 rings (SSSR count). The topological polar surface area (TPSA) is 72.1 Å². The number of nitriles is 2. The molecule has 0 amide bonds. The lowest BCUT2D eigenvalue weighted by Gasteiger charge is -2.36. The van der Waals surface area contributed by atoms with Crippen molar-refractivity contribution in [3.8, 4) is 17.9 Å². The molecule has 2 aliphatic heterocycles. The highest BCUT2D eigenvalue weighted by Crippen LogP contribution is 2.50. The molecule has 156 valence electrons. The Morgan fingerprint density at radius 3 is 2.88 bits per heavy atom. The standard InChI is InChI=1S/C27H22N4O/c28-15-17-12-18(16-29)14-19(13-17)20-6-5-7-21-26(20)32-25-11-4-3-10-24(25)31-23-9-2-1-8-22(23)30-27(21)31/h1-2,4-9,11-13,18,24-25,27,30H,3,10,14H2/t18-,24?,25-,27?/m0/s1. The van der Waals surface area contributed by atoms with Crippen LogP contribution >= 0.6 is 0 Å². The van der Waals surface area contributed by atoms with Gasteiger partial charge in [-0.1, -0.05) is 36.4 Å². The summed E-state index contributed by atoms with van der Waals surface area (Å²) in [5, 5.41) is 22.8. The molecular formula is C27H22N4O. The average molecular weight is 419 g/mol. The van der Waals surface area contributed by atoms with Crippen molar-refractivity contribution in [3.63, 3.8) is 0 Å². The summed E-state index contributed by atoms with van der Waals surface area (Å²) in [5.41, 5.74) is 5.92. The Labute approximate surface area is 187 Å². The number of rotatable bonds is 1. The molecule has 5 heteroatoms. The zero-order chi connectivity index (χ0) is 21.7. The van der Waals surface area contributed by atoms with Gasteiger partial charge >= 0.3 is 0 Å². The number of nitrogens with zero attached hydrogens (tertiary/aromatic N) is 3. The van der Waals surface area contributed by atoms with Crippen LogP contribution in [0.4, 0.5) is 11.4 Å². The van der Waals surface area contributed by atoms with E-state index in [2.05, 4.69) is 77.0 Å². The van der Waals surface area contributed by atoms with Gasteiger partial charge in [0, 0.05) is 16.7 Å². The Hall–Kier alpha value is -3.96. The number of hydrogen-bond acceptors (Lipinski definition) is 5. The van der Waals surface area contributed by atoms with Crippen molar-refractivity contribution in [2.24, 2.45) is 5.92 Å². The molecule has 0 fully saturated rings. The Morgan fingerprint density at radius 2 is 2.00 bits per heavy atom. The molecule has 4 atom stereocenters. The Balaban J connectivity index is 1.52. The van der Waals surface area contributed by atoms with Crippen LogP contribution in [0.15, 0.2) is 72.3 Å². The SMILES string of the molecule is N#CC1=C[C@H](C#N)CC(c2cccc3c2O[C@H]2C=CCCC2N2c4ccccc4NC32)=C1. The van der Waals surface area contributed by atoms with Crippen LogP contribution in [0.3, 0.4) is 0 Å². The number of hydrogen-bond donors (Lipinski definition) is 1. The largest absolute Gasteiger partial charge is 0.483 e. The summed E-state index contributed by atoms with van der Waals surface area (Å²) in [7, 11) is 0. The van der Waals surface area contributed by atoms with E-state index in [0.29, 0.717) is 12.0 Å². The summed E-state index contributed by atoms with van der Waals surface area (Å²) in [6, 6.07) is 19.5. The van der Waals surface area contributed by atoms with Gasteiger partial charge < -0.3 is 15.0 Å². The van der Waals surface area contributed by atoms with Crippen LogP contribution in [-0.2, 0) is 0 Å². The summed E-state index contributed by atoms with van der Waals surface area (Å²) in [6.45, 7) is 0. The van der Waals surface area contributed by atoms with E-state index < -0.39 is 0 Å². The molecule has 0 saturated heterocycles. The normalized spacial score (nSPS) is 27.0. The predicted octanol–water partition coefficient (Wildman–Crippen LogP) is 5.47. The van der Waals surface area contributed by atoms with E-state index in [4.69, 9.17) is 4.74 Å². The van der Waals surface area contributed by atoms with Gasteiger partial charge in [0.05, 0.1) is 35.5 Å². The van der Waals surface area contributed by atoms with E-state index in [-0.39, 0.29) is 24.2 Å². The average Bonchev–Trinajstić information content (AvgIpc) is 3.16. The van der Waals surface area contributed by atoms with Gasteiger partial charge in [-0.2, -0.15) is 10.5 Å². The first kappa shape index (κ1) is 18.8. The van der Waals surface area contributed by atoms with Crippen LogP contribution in [0.2, 0.25) is 0 Å². The summed E-state index contributed by atoms with van der Waals surface area (Å²) in [5.74, 6) is 0.544. The number of anilines is 2. The van der Waals surface area contributed by atoms with Crippen LogP contribution in [-0.4, -0.2) is 12.1 Å². The molecule has 4 aliphatic rings. The first-order valence-corrected chi connectivity index (χ1v) is 11.1. The van der Waals surface area contributed by atoms with E-state index in [0.717, 1.165) is 41.0 Å². The lowest BCUT2D eigenvalue weighted by atomic mass is 9.86. The minimum absolute atomic E-state index is 0.0224. The summed E-state index contributed by atoms with van der Waals surface area (Å²) in [6.07, 6.45) is 10.6. The van der Waals surface area contributed by atoms with Gasteiger partial charge in [0.1, 0.15) is 18.0 Å². The number of para-hydroxylation sites is 3. The molecule has 1 N–H and O–H groups in total. The molecule has 2 aliphatic carbocycles. The fourth-order valence-corrected chi connectivity index (χ4v) is 5.42. The number of ether oxygens (including phenoxy) is 1. The molecule has 0 bridgehead atoms. The summed E-state index contributed by atoms with van der Waals surface area (Å²) < 4.78 is 6.74. The van der Waals surface area contributed by atoms with Gasteiger partial charge in [-0.05, 0) is 55.2 Å². The first-order valence-electron chi connectivity index (χ1n) is 11.1. The van der Waals surface area contributed by atoms with Crippen molar-refractivity contribution in [1.29, 1.82) is 10.5 Å². The maximum atomic E-state index is 9.54. The highest BCUT2D eigenvalue weighted by Gasteiger charge is 2.43. The Kier molecular flexibility index (Phi) is 4.30. The maximum Gasteiger partial charge on any atom is 0.137 e. The lowest BCUT2D eigenvalue weighted by molar-refractivity contribution is 0.207. The van der Waals surface area contributed by atoms with E-state index in [1.165, 1.54) is 5.69 Å². The van der Waals surface area contributed by atoms with Gasteiger partial charge in [-0.3, -0.25) is 0 Å². The zero-order valence-corrected chi connectivity index (χ0v) is 17.5. The quantitative estimate of drug-likeness (QED) is 0.622. The number of allylic oxidation sites excluding steroid dienone is 5. The predicted molar refractivity (Wildman–Crippen MR) is 124 cm³/mol. The van der Waals surface area contributed by atoms with Crippen LogP contribution in [0.1, 0.15) is 36.6 Å². The summed E-state index contributed by atoms with van der Waals surface area (Å²) in [4.78, 5) is 2.48. The molecule has 0 aromatic heterocycles. The van der Waals surface area contributed by atoms with Crippen LogP contribution in [0.25, 0.3) is 5.57 Å². The van der Waals surface area contributed by atoms with Crippen molar-refractivity contribution in [2.75, 3.05) is 10.2 Å². The van der Waals surface area contributed by atoms with Crippen molar-refractivity contribution < 1.29 is 4.74 Å². The van der Waals surface area contributed by atoms with Crippen LogP contribution in [0, 0.1) is 28.6 Å². The van der Waals surface area contributed by atoms with Crippen molar-refractivity contribution in [1.82, 2.24) is 0 Å². The van der Waals surface area contributed by atoms with Gasteiger partial charge in [0.2, 0.25) is 0 Å². The van der Waals surface area contributed by atoms with Gasteiger partial charge in [-0.25, -0.2) is 0 Å². The lowest BCUT2D eigenvalue weighted by Crippen LogP contribution is -2.45. The third kappa shape index (κ3) is 2.82. The number of nitrogens with one attached hydrogen (secondary N) is 1. The number of fused-ring (bicyclic) bond motifs is 7. The van der Waals surface area contributed by atoms with Gasteiger partial charge in [-0.15, -0.1) is 0 Å². The molecule has 2 heterocycles. The highest BCUT2D eigenvalue weighted by molar-refractivity contribution is 5.81. The highest BCUT2D eigenvalue weighted by atomic mass is 16.5. The maximum absolute atomic E-state index is 9.54. The Morgan fingerprint density at radius 1 is 1.09 bits per heavy atom. The second-order valence-corrected chi connectivity index (χ2v) is 8.69. The molecule has 2 unspecified atom stereocenters. The van der Waals surface area contributed by atoms with E-state index in [1.807, 2.05) is 6.08 Å². The second kappa shape index (κ2) is 7.32. The molecular weight excluding hydrogens is 396 g/mol. The molecule has 32 heavy (non-hydrogen) atoms. The fourth-order valence-electron chi connectivity index (χ4n) is 5.42. The van der Waals surface area contributed by atoms with Crippen LogP contribution in [0.5, 0.6) is 5.75 Å². The van der Waals surface area contributed by atoms with Crippen molar-refractivity contribution >= 4 is 16.9 Å². The minimum Gasteiger partial charge on any atom is -0.483 e. The monoisotopic (exact) mass is 418 g/mol. The van der Waals surface area contributed by atoms with E-state index in [9.17, 15) is 10.5 Å². The third-order valence-corrected chi connectivity index (χ3v) is 6.83. The van der Waals surface area contributed by atoms with Crippen LogP contribution < -0.4 is 15.0 Å². The molecule has 0 spiro atoms. The fraction of sp³-hybridized carbons (Fsp3) is 0.259. The van der Waals surface area contributed by atoms with E-state index in [1.54, 1.807) is 6.08 Å². The minimum atomic E-state index is -0.307. The van der Waals surface area contributed by atoms with E-state index >= 15 is 0 Å². The Bertz CT molecular complexity index is 1280. The number of benzene rings is 2. The smallest absolute Gasteiger partial charge is 0.137 e. The summed E-state index contributed by atoms with van der Waals surface area (Å²) >= 11 is 0. The first-order chi connectivity index (χ1) is 15.8. The molecule has 0 radical (unpaired) electrons. The third-order valence-electron chi connectivity index (χ3n) is 6.83. The molecule has 2 aromatic carbocycles. The zero-order valence-electron chi connectivity index (χ0n) is 17.5. The van der Waals surface area contributed by atoms with Gasteiger partial charge in [0.25, 0.3) is 0 Å². The van der Waals surface area contributed by atoms with Gasteiger partial charge in [0.15, 0.2) is 0 Å². The molecule has 0 saturated carbocycles. The molecule has 5 nitrogen and oxygen atoms in total.